The lowest BCUT2D eigenvalue weighted by atomic mass is 9.80. The third-order valence-electron chi connectivity index (χ3n) is 5.71. The Bertz CT molecular complexity index is 939. The minimum atomic E-state index is -0.884. The molecule has 2 aromatic carbocycles. The lowest BCUT2D eigenvalue weighted by molar-refractivity contribution is 0.0697. The van der Waals surface area contributed by atoms with Crippen molar-refractivity contribution in [3.8, 4) is 0 Å². The highest BCUT2D eigenvalue weighted by atomic mass is 32.1. The molecule has 4 heteroatoms. The number of hydrogen-bond acceptors (Lipinski definition) is 3. The van der Waals surface area contributed by atoms with Crippen molar-refractivity contribution in [2.75, 3.05) is 5.32 Å². The average molecular weight is 380 g/mol. The zero-order chi connectivity index (χ0) is 18.8. The van der Waals surface area contributed by atoms with Crippen LogP contribution in [-0.4, -0.2) is 11.1 Å². The molecule has 1 aliphatic carbocycles. The smallest absolute Gasteiger partial charge is 0.335 e. The number of hydrogen-bond donors (Lipinski definition) is 2. The first kappa shape index (κ1) is 18.1. The van der Waals surface area contributed by atoms with Gasteiger partial charge in [0.15, 0.2) is 0 Å². The van der Waals surface area contributed by atoms with Gasteiger partial charge in [0.25, 0.3) is 0 Å². The van der Waals surface area contributed by atoms with Crippen LogP contribution < -0.4 is 5.32 Å². The highest BCUT2D eigenvalue weighted by Gasteiger charge is 2.28. The number of nitrogens with one attached hydrogen (secondary N) is 1. The highest BCUT2D eigenvalue weighted by Crippen LogP contribution is 2.43. The second kappa shape index (κ2) is 7.73. The van der Waals surface area contributed by atoms with E-state index >= 15 is 0 Å². The molecule has 0 radical (unpaired) electrons. The van der Waals surface area contributed by atoms with Gasteiger partial charge in [0, 0.05) is 15.3 Å². The quantitative estimate of drug-likeness (QED) is 0.522. The number of aryl methyl sites for hydroxylation is 1. The van der Waals surface area contributed by atoms with Crippen LogP contribution in [0.3, 0.4) is 0 Å². The summed E-state index contributed by atoms with van der Waals surface area (Å²) in [6.07, 6.45) is 6.41. The summed E-state index contributed by atoms with van der Waals surface area (Å²) in [6, 6.07) is 16.1. The van der Waals surface area contributed by atoms with Crippen molar-refractivity contribution in [1.82, 2.24) is 0 Å². The van der Waals surface area contributed by atoms with Crippen LogP contribution in [0.5, 0.6) is 0 Å². The molecule has 3 nitrogen and oxygen atoms in total. The summed E-state index contributed by atoms with van der Waals surface area (Å²) in [6.45, 7) is 2.23. The van der Waals surface area contributed by atoms with Gasteiger partial charge in [-0.2, -0.15) is 0 Å². The lowest BCUT2D eigenvalue weighted by Crippen LogP contribution is -2.23. The number of rotatable bonds is 5. The van der Waals surface area contributed by atoms with Gasteiger partial charge in [0.2, 0.25) is 0 Å². The fourth-order valence-electron chi connectivity index (χ4n) is 4.36. The average Bonchev–Trinajstić information content (AvgIpc) is 3.03. The Morgan fingerprint density at radius 3 is 2.48 bits per heavy atom. The molecule has 140 valence electrons. The number of carbonyl (C=O) groups is 1. The van der Waals surface area contributed by atoms with E-state index in [1.807, 2.05) is 23.5 Å². The highest BCUT2D eigenvalue weighted by molar-refractivity contribution is 7.19. The molecule has 0 amide bonds. The van der Waals surface area contributed by atoms with E-state index in [-0.39, 0.29) is 6.04 Å². The molecular formula is C23H25NO2S. The van der Waals surface area contributed by atoms with Gasteiger partial charge in [0.1, 0.15) is 0 Å². The third kappa shape index (κ3) is 3.72. The minimum Gasteiger partial charge on any atom is -0.478 e. The van der Waals surface area contributed by atoms with Crippen molar-refractivity contribution in [3.05, 3.63) is 64.5 Å². The minimum absolute atomic E-state index is 0.261. The van der Waals surface area contributed by atoms with Gasteiger partial charge in [-0.1, -0.05) is 37.5 Å². The normalized spacial score (nSPS) is 16.3. The van der Waals surface area contributed by atoms with Crippen molar-refractivity contribution in [1.29, 1.82) is 0 Å². The van der Waals surface area contributed by atoms with E-state index in [9.17, 15) is 4.79 Å². The number of fused-ring (bicyclic) bond motifs is 1. The van der Waals surface area contributed by atoms with Gasteiger partial charge in [-0.25, -0.2) is 4.79 Å². The summed E-state index contributed by atoms with van der Waals surface area (Å²) in [5.41, 5.74) is 2.74. The number of benzene rings is 2. The fraction of sp³-hybridized carbons (Fsp3) is 0.348. The first-order valence-corrected chi connectivity index (χ1v) is 10.5. The summed E-state index contributed by atoms with van der Waals surface area (Å²) in [7, 11) is 0. The SMILES string of the molecule is Cc1sc2ccccc2c1C(Nc1ccc(C(=O)O)cc1)C1CCCCC1. The topological polar surface area (TPSA) is 49.3 Å². The molecular weight excluding hydrogens is 354 g/mol. The largest absolute Gasteiger partial charge is 0.478 e. The van der Waals surface area contributed by atoms with Gasteiger partial charge in [-0.3, -0.25) is 0 Å². The Morgan fingerprint density at radius 1 is 1.07 bits per heavy atom. The fourth-order valence-corrected chi connectivity index (χ4v) is 5.47. The summed E-state index contributed by atoms with van der Waals surface area (Å²) in [5, 5.41) is 14.3. The van der Waals surface area contributed by atoms with Crippen LogP contribution in [0.15, 0.2) is 48.5 Å². The summed E-state index contributed by atoms with van der Waals surface area (Å²) < 4.78 is 1.34. The lowest BCUT2D eigenvalue weighted by Gasteiger charge is -2.32. The van der Waals surface area contributed by atoms with E-state index in [1.54, 1.807) is 12.1 Å². The van der Waals surface area contributed by atoms with Crippen LogP contribution in [0.25, 0.3) is 10.1 Å². The molecule has 0 saturated heterocycles. The number of carboxylic acid groups (broad SMARTS) is 1. The number of anilines is 1. The Hall–Kier alpha value is -2.33. The maximum atomic E-state index is 11.1. The standard InChI is InChI=1S/C23H25NO2S/c1-15-21(19-9-5-6-10-20(19)27-15)22(16-7-3-2-4-8-16)24-18-13-11-17(12-14-18)23(25)26/h5-6,9-14,16,22,24H,2-4,7-8H2,1H3,(H,25,26). The van der Waals surface area contributed by atoms with Crippen molar-refractivity contribution >= 4 is 33.1 Å². The van der Waals surface area contributed by atoms with Crippen molar-refractivity contribution in [2.24, 2.45) is 5.92 Å². The molecule has 0 bridgehead atoms. The monoisotopic (exact) mass is 379 g/mol. The zero-order valence-electron chi connectivity index (χ0n) is 15.6. The van der Waals surface area contributed by atoms with Crippen LogP contribution in [0.4, 0.5) is 5.69 Å². The molecule has 2 N–H and O–H groups in total. The van der Waals surface area contributed by atoms with Crippen molar-refractivity contribution in [3.63, 3.8) is 0 Å². The Morgan fingerprint density at radius 2 is 1.78 bits per heavy atom. The summed E-state index contributed by atoms with van der Waals surface area (Å²) in [4.78, 5) is 12.5. The molecule has 3 aromatic rings. The first-order chi connectivity index (χ1) is 13.1. The van der Waals surface area contributed by atoms with E-state index in [2.05, 4.69) is 36.5 Å². The molecule has 1 aliphatic rings. The molecule has 1 heterocycles. The van der Waals surface area contributed by atoms with E-state index in [0.29, 0.717) is 11.5 Å². The predicted octanol–water partition coefficient (Wildman–Crippen LogP) is 6.64. The van der Waals surface area contributed by atoms with E-state index in [4.69, 9.17) is 5.11 Å². The Kier molecular flexibility index (Phi) is 5.17. The third-order valence-corrected chi connectivity index (χ3v) is 6.81. The Labute approximate surface area is 164 Å². The van der Waals surface area contributed by atoms with Gasteiger partial charge in [0.05, 0.1) is 11.6 Å². The van der Waals surface area contributed by atoms with Crippen molar-refractivity contribution in [2.45, 2.75) is 45.1 Å². The van der Waals surface area contributed by atoms with Gasteiger partial charge >= 0.3 is 5.97 Å². The van der Waals surface area contributed by atoms with Crippen LogP contribution in [0.1, 0.15) is 58.9 Å². The first-order valence-electron chi connectivity index (χ1n) is 9.71. The second-order valence-corrected chi connectivity index (χ2v) is 8.73. The van der Waals surface area contributed by atoms with Crippen LogP contribution in [-0.2, 0) is 0 Å². The van der Waals surface area contributed by atoms with Crippen LogP contribution in [0, 0.1) is 12.8 Å². The van der Waals surface area contributed by atoms with Gasteiger partial charge in [-0.15, -0.1) is 11.3 Å². The summed E-state index contributed by atoms with van der Waals surface area (Å²) in [5.74, 6) is -0.278. The molecule has 1 fully saturated rings. The maximum absolute atomic E-state index is 11.1. The summed E-state index contributed by atoms with van der Waals surface area (Å²) >= 11 is 1.87. The molecule has 0 aliphatic heterocycles. The van der Waals surface area contributed by atoms with Crippen LogP contribution in [0.2, 0.25) is 0 Å². The molecule has 0 spiro atoms. The van der Waals surface area contributed by atoms with Gasteiger partial charge in [-0.05, 0) is 67.0 Å². The van der Waals surface area contributed by atoms with E-state index in [1.165, 1.54) is 52.6 Å². The number of thiophene rings is 1. The molecule has 1 unspecified atom stereocenters. The number of aromatic carboxylic acids is 1. The van der Waals surface area contributed by atoms with Crippen molar-refractivity contribution < 1.29 is 9.90 Å². The molecule has 4 rings (SSSR count). The Balaban J connectivity index is 1.72. The van der Waals surface area contributed by atoms with E-state index in [0.717, 1.165) is 5.69 Å². The zero-order valence-corrected chi connectivity index (χ0v) is 16.4. The maximum Gasteiger partial charge on any atom is 0.335 e. The molecule has 1 atom stereocenters. The van der Waals surface area contributed by atoms with Gasteiger partial charge < -0.3 is 10.4 Å². The number of carboxylic acids is 1. The molecule has 27 heavy (non-hydrogen) atoms. The van der Waals surface area contributed by atoms with Crippen LogP contribution >= 0.6 is 11.3 Å². The second-order valence-electron chi connectivity index (χ2n) is 7.47. The molecule has 1 aromatic heterocycles. The predicted molar refractivity (Wildman–Crippen MR) is 113 cm³/mol. The molecule has 1 saturated carbocycles. The van der Waals surface area contributed by atoms with E-state index < -0.39 is 5.97 Å².